The third-order valence-corrected chi connectivity index (χ3v) is 3.35. The molecular weight excluding hydrogens is 262 g/mol. The van der Waals surface area contributed by atoms with E-state index in [2.05, 4.69) is 11.4 Å². The lowest BCUT2D eigenvalue weighted by Crippen LogP contribution is -2.23. The monoisotopic (exact) mass is 283 g/mol. The minimum Gasteiger partial charge on any atom is -0.464 e. The van der Waals surface area contributed by atoms with Crippen molar-refractivity contribution >= 4 is 11.7 Å². The van der Waals surface area contributed by atoms with Crippen molar-refractivity contribution in [1.82, 2.24) is 0 Å². The van der Waals surface area contributed by atoms with Crippen LogP contribution in [0.15, 0.2) is 48.5 Å². The highest BCUT2D eigenvalue weighted by atomic mass is 16.5. The van der Waals surface area contributed by atoms with Crippen LogP contribution in [0.2, 0.25) is 0 Å². The molecule has 0 aliphatic rings. The van der Waals surface area contributed by atoms with Gasteiger partial charge in [-0.2, -0.15) is 0 Å². The molecule has 0 saturated carbocycles. The SMILES string of the molecule is CCOC(=O)C(Nc1cc(C)ccc1C)c1ccccc1. The highest BCUT2D eigenvalue weighted by molar-refractivity contribution is 5.81. The van der Waals surface area contributed by atoms with E-state index in [0.717, 1.165) is 22.4 Å². The van der Waals surface area contributed by atoms with E-state index >= 15 is 0 Å². The van der Waals surface area contributed by atoms with Crippen LogP contribution < -0.4 is 5.32 Å². The van der Waals surface area contributed by atoms with Crippen LogP contribution in [-0.4, -0.2) is 12.6 Å². The van der Waals surface area contributed by atoms with Gasteiger partial charge < -0.3 is 10.1 Å². The largest absolute Gasteiger partial charge is 0.464 e. The molecule has 1 unspecified atom stereocenters. The standard InChI is InChI=1S/C18H21NO2/c1-4-21-18(20)17(15-8-6-5-7-9-15)19-16-12-13(2)10-11-14(16)3/h5-12,17,19H,4H2,1-3H3. The fourth-order valence-electron chi connectivity index (χ4n) is 2.20. The Bertz CT molecular complexity index is 608. The number of carbonyl (C=O) groups is 1. The van der Waals surface area contributed by atoms with Gasteiger partial charge in [-0.3, -0.25) is 0 Å². The van der Waals surface area contributed by atoms with Crippen LogP contribution in [0.1, 0.15) is 29.7 Å². The van der Waals surface area contributed by atoms with Gasteiger partial charge in [0.25, 0.3) is 0 Å². The van der Waals surface area contributed by atoms with E-state index in [0.29, 0.717) is 6.61 Å². The quantitative estimate of drug-likeness (QED) is 0.842. The average molecular weight is 283 g/mol. The van der Waals surface area contributed by atoms with Gasteiger partial charge in [0.05, 0.1) is 6.61 Å². The van der Waals surface area contributed by atoms with E-state index < -0.39 is 6.04 Å². The van der Waals surface area contributed by atoms with Crippen molar-refractivity contribution in [2.75, 3.05) is 11.9 Å². The summed E-state index contributed by atoms with van der Waals surface area (Å²) in [6.07, 6.45) is 0. The van der Waals surface area contributed by atoms with Crippen molar-refractivity contribution in [2.24, 2.45) is 0 Å². The molecule has 21 heavy (non-hydrogen) atoms. The van der Waals surface area contributed by atoms with Gasteiger partial charge in [-0.1, -0.05) is 42.5 Å². The molecule has 1 atom stereocenters. The van der Waals surface area contributed by atoms with Crippen LogP contribution >= 0.6 is 0 Å². The van der Waals surface area contributed by atoms with Crippen LogP contribution in [0.5, 0.6) is 0 Å². The molecule has 110 valence electrons. The minimum atomic E-state index is -0.494. The smallest absolute Gasteiger partial charge is 0.333 e. The molecule has 3 heteroatoms. The van der Waals surface area contributed by atoms with Crippen LogP contribution in [0, 0.1) is 13.8 Å². The zero-order valence-corrected chi connectivity index (χ0v) is 12.7. The molecular formula is C18H21NO2. The van der Waals surface area contributed by atoms with E-state index in [1.54, 1.807) is 0 Å². The molecule has 0 amide bonds. The number of esters is 1. The summed E-state index contributed by atoms with van der Waals surface area (Å²) in [7, 11) is 0. The van der Waals surface area contributed by atoms with Crippen molar-refractivity contribution in [3.8, 4) is 0 Å². The Morgan fingerprint density at radius 3 is 2.52 bits per heavy atom. The second kappa shape index (κ2) is 6.93. The average Bonchev–Trinajstić information content (AvgIpc) is 2.49. The van der Waals surface area contributed by atoms with Crippen LogP contribution in [0.4, 0.5) is 5.69 Å². The molecule has 2 aromatic carbocycles. The molecule has 0 fully saturated rings. The lowest BCUT2D eigenvalue weighted by Gasteiger charge is -2.20. The fraction of sp³-hybridized carbons (Fsp3) is 0.278. The summed E-state index contributed by atoms with van der Waals surface area (Å²) >= 11 is 0. The highest BCUT2D eigenvalue weighted by Crippen LogP contribution is 2.24. The second-order valence-electron chi connectivity index (χ2n) is 5.06. The first-order valence-corrected chi connectivity index (χ1v) is 7.17. The summed E-state index contributed by atoms with van der Waals surface area (Å²) in [6, 6.07) is 15.3. The minimum absolute atomic E-state index is 0.260. The number of nitrogens with one attached hydrogen (secondary N) is 1. The lowest BCUT2D eigenvalue weighted by atomic mass is 10.0. The van der Waals surface area contributed by atoms with E-state index in [4.69, 9.17) is 4.74 Å². The molecule has 0 aliphatic carbocycles. The molecule has 0 bridgehead atoms. The lowest BCUT2D eigenvalue weighted by molar-refractivity contribution is -0.144. The summed E-state index contributed by atoms with van der Waals surface area (Å²) in [4.78, 5) is 12.3. The molecule has 0 spiro atoms. The van der Waals surface area contributed by atoms with E-state index in [-0.39, 0.29) is 5.97 Å². The van der Waals surface area contributed by atoms with Crippen LogP contribution in [0.3, 0.4) is 0 Å². The normalized spacial score (nSPS) is 11.8. The zero-order chi connectivity index (χ0) is 15.2. The number of rotatable bonds is 5. The zero-order valence-electron chi connectivity index (χ0n) is 12.7. The number of ether oxygens (including phenoxy) is 1. The molecule has 2 aromatic rings. The first kappa shape index (κ1) is 15.1. The Morgan fingerprint density at radius 1 is 1.14 bits per heavy atom. The topological polar surface area (TPSA) is 38.3 Å². The number of aryl methyl sites for hydroxylation is 2. The van der Waals surface area contributed by atoms with Gasteiger partial charge in [0.2, 0.25) is 0 Å². The molecule has 1 N–H and O–H groups in total. The van der Waals surface area contributed by atoms with E-state index in [9.17, 15) is 4.79 Å². The summed E-state index contributed by atoms with van der Waals surface area (Å²) in [5.41, 5.74) is 4.11. The number of hydrogen-bond acceptors (Lipinski definition) is 3. The number of hydrogen-bond donors (Lipinski definition) is 1. The van der Waals surface area contributed by atoms with Crippen LogP contribution in [0.25, 0.3) is 0 Å². The van der Waals surface area contributed by atoms with Crippen molar-refractivity contribution in [2.45, 2.75) is 26.8 Å². The number of benzene rings is 2. The molecule has 0 radical (unpaired) electrons. The van der Waals surface area contributed by atoms with Gasteiger partial charge in [-0.05, 0) is 43.5 Å². The maximum atomic E-state index is 12.3. The summed E-state index contributed by atoms with van der Waals surface area (Å²) in [6.45, 7) is 6.25. The fourth-order valence-corrected chi connectivity index (χ4v) is 2.20. The van der Waals surface area contributed by atoms with Gasteiger partial charge in [-0.15, -0.1) is 0 Å². The second-order valence-corrected chi connectivity index (χ2v) is 5.06. The Morgan fingerprint density at radius 2 is 1.86 bits per heavy atom. The Balaban J connectivity index is 2.32. The third-order valence-electron chi connectivity index (χ3n) is 3.35. The van der Waals surface area contributed by atoms with Crippen molar-refractivity contribution < 1.29 is 9.53 Å². The summed E-state index contributed by atoms with van der Waals surface area (Å²) in [5, 5.41) is 3.31. The molecule has 0 heterocycles. The number of carbonyl (C=O) groups excluding carboxylic acids is 1. The van der Waals surface area contributed by atoms with Gasteiger partial charge in [0, 0.05) is 5.69 Å². The molecule has 2 rings (SSSR count). The predicted molar refractivity (Wildman–Crippen MR) is 85.4 cm³/mol. The van der Waals surface area contributed by atoms with E-state index in [1.807, 2.05) is 63.2 Å². The van der Waals surface area contributed by atoms with Gasteiger partial charge in [0.1, 0.15) is 0 Å². The Hall–Kier alpha value is -2.29. The molecule has 0 aromatic heterocycles. The molecule has 3 nitrogen and oxygen atoms in total. The first-order chi connectivity index (χ1) is 10.1. The molecule has 0 aliphatic heterocycles. The highest BCUT2D eigenvalue weighted by Gasteiger charge is 2.22. The third kappa shape index (κ3) is 3.85. The predicted octanol–water partition coefficient (Wildman–Crippen LogP) is 4.02. The van der Waals surface area contributed by atoms with Gasteiger partial charge in [0.15, 0.2) is 6.04 Å². The van der Waals surface area contributed by atoms with Crippen molar-refractivity contribution in [3.05, 3.63) is 65.2 Å². The van der Waals surface area contributed by atoms with E-state index in [1.165, 1.54) is 0 Å². The van der Waals surface area contributed by atoms with Gasteiger partial charge >= 0.3 is 5.97 Å². The number of anilines is 1. The van der Waals surface area contributed by atoms with Crippen molar-refractivity contribution in [1.29, 1.82) is 0 Å². The summed E-state index contributed by atoms with van der Waals surface area (Å²) in [5.74, 6) is -0.260. The maximum absolute atomic E-state index is 12.3. The van der Waals surface area contributed by atoms with Gasteiger partial charge in [-0.25, -0.2) is 4.79 Å². The first-order valence-electron chi connectivity index (χ1n) is 7.17. The Kier molecular flexibility index (Phi) is 4.99. The maximum Gasteiger partial charge on any atom is 0.333 e. The Labute approximate surface area is 126 Å². The molecule has 0 saturated heterocycles. The van der Waals surface area contributed by atoms with Crippen molar-refractivity contribution in [3.63, 3.8) is 0 Å². The van der Waals surface area contributed by atoms with Crippen LogP contribution in [-0.2, 0) is 9.53 Å². The summed E-state index contributed by atoms with van der Waals surface area (Å²) < 4.78 is 5.20.